The molecular weight excluding hydrogens is 222 g/mol. The summed E-state index contributed by atoms with van der Waals surface area (Å²) in [5.74, 6) is -0.127. The van der Waals surface area contributed by atoms with Crippen LogP contribution in [0.1, 0.15) is 19.3 Å². The Morgan fingerprint density at radius 2 is 2.06 bits per heavy atom. The van der Waals surface area contributed by atoms with Crippen molar-refractivity contribution in [3.05, 3.63) is 0 Å². The number of ether oxygens (including phenoxy) is 2. The molecule has 0 saturated carbocycles. The first-order chi connectivity index (χ1) is 8.22. The summed E-state index contributed by atoms with van der Waals surface area (Å²) in [4.78, 5) is 11.5. The lowest BCUT2D eigenvalue weighted by atomic mass is 10.1. The standard InChI is InChI=1S/C11H25N3O3/c1-16-8-9-17-7-6-14-11(15)10(13)4-2-3-5-12/h10H,2-9,12-13H2,1H3,(H,14,15). The fraction of sp³-hybridized carbons (Fsp3) is 0.909. The number of carbonyl (C=O) groups is 1. The lowest BCUT2D eigenvalue weighted by Gasteiger charge is -2.12. The highest BCUT2D eigenvalue weighted by molar-refractivity contribution is 5.81. The van der Waals surface area contributed by atoms with Crippen LogP contribution in [0.15, 0.2) is 0 Å². The molecule has 1 atom stereocenters. The van der Waals surface area contributed by atoms with Gasteiger partial charge >= 0.3 is 0 Å². The summed E-state index contributed by atoms with van der Waals surface area (Å²) < 4.78 is 10.0. The lowest BCUT2D eigenvalue weighted by Crippen LogP contribution is -2.41. The smallest absolute Gasteiger partial charge is 0.236 e. The molecule has 0 aromatic heterocycles. The van der Waals surface area contributed by atoms with Crippen LogP contribution in [0.2, 0.25) is 0 Å². The van der Waals surface area contributed by atoms with Crippen LogP contribution < -0.4 is 16.8 Å². The minimum absolute atomic E-state index is 0.127. The molecule has 0 spiro atoms. The molecule has 0 aliphatic heterocycles. The van der Waals surface area contributed by atoms with Gasteiger partial charge in [-0.3, -0.25) is 4.79 Å². The van der Waals surface area contributed by atoms with Gasteiger partial charge in [0.1, 0.15) is 0 Å². The molecule has 6 heteroatoms. The summed E-state index contributed by atoms with van der Waals surface area (Å²) in [6.07, 6.45) is 2.46. The van der Waals surface area contributed by atoms with Crippen molar-refractivity contribution in [1.29, 1.82) is 0 Å². The molecule has 0 radical (unpaired) electrons. The second-order valence-corrected chi connectivity index (χ2v) is 3.79. The van der Waals surface area contributed by atoms with Gasteiger partial charge in [0.05, 0.1) is 25.9 Å². The molecular formula is C11H25N3O3. The van der Waals surface area contributed by atoms with Crippen molar-refractivity contribution < 1.29 is 14.3 Å². The third-order valence-electron chi connectivity index (χ3n) is 2.28. The molecule has 6 nitrogen and oxygen atoms in total. The summed E-state index contributed by atoms with van der Waals surface area (Å²) in [6, 6.07) is -0.444. The first-order valence-corrected chi connectivity index (χ1v) is 6.02. The molecule has 0 aliphatic rings. The molecule has 102 valence electrons. The first-order valence-electron chi connectivity index (χ1n) is 6.02. The van der Waals surface area contributed by atoms with E-state index in [1.807, 2.05) is 0 Å². The van der Waals surface area contributed by atoms with E-state index in [2.05, 4.69) is 5.32 Å². The summed E-state index contributed by atoms with van der Waals surface area (Å²) in [7, 11) is 1.62. The summed E-state index contributed by atoms with van der Waals surface area (Å²) in [5, 5.41) is 2.73. The Balaban J connectivity index is 3.37. The van der Waals surface area contributed by atoms with E-state index in [0.29, 0.717) is 39.3 Å². The molecule has 0 aromatic carbocycles. The molecule has 0 aliphatic carbocycles. The van der Waals surface area contributed by atoms with Gasteiger partial charge in [-0.05, 0) is 19.4 Å². The molecule has 0 aromatic rings. The summed E-state index contributed by atoms with van der Waals surface area (Å²) >= 11 is 0. The van der Waals surface area contributed by atoms with Gasteiger partial charge < -0.3 is 26.3 Å². The third kappa shape index (κ3) is 10.2. The van der Waals surface area contributed by atoms with E-state index < -0.39 is 6.04 Å². The van der Waals surface area contributed by atoms with Crippen molar-refractivity contribution in [3.63, 3.8) is 0 Å². The first kappa shape index (κ1) is 16.3. The monoisotopic (exact) mass is 247 g/mol. The fourth-order valence-electron chi connectivity index (χ4n) is 1.26. The van der Waals surface area contributed by atoms with Gasteiger partial charge in [-0.25, -0.2) is 0 Å². The van der Waals surface area contributed by atoms with Crippen LogP contribution >= 0.6 is 0 Å². The predicted molar refractivity (Wildman–Crippen MR) is 66.6 cm³/mol. The zero-order valence-corrected chi connectivity index (χ0v) is 10.6. The van der Waals surface area contributed by atoms with Crippen molar-refractivity contribution in [1.82, 2.24) is 5.32 Å². The molecule has 17 heavy (non-hydrogen) atoms. The highest BCUT2D eigenvalue weighted by Gasteiger charge is 2.11. The number of hydrogen-bond acceptors (Lipinski definition) is 5. The van der Waals surface area contributed by atoms with Crippen LogP contribution in [0.4, 0.5) is 0 Å². The Morgan fingerprint density at radius 1 is 1.29 bits per heavy atom. The van der Waals surface area contributed by atoms with E-state index in [9.17, 15) is 4.79 Å². The summed E-state index contributed by atoms with van der Waals surface area (Å²) in [6.45, 7) is 2.70. The molecule has 1 amide bonds. The average molecular weight is 247 g/mol. The SMILES string of the molecule is COCCOCCNC(=O)C(N)CCCCN. The second-order valence-electron chi connectivity index (χ2n) is 3.79. The van der Waals surface area contributed by atoms with Gasteiger partial charge in [0.15, 0.2) is 0 Å². The highest BCUT2D eigenvalue weighted by Crippen LogP contribution is 1.97. The zero-order valence-electron chi connectivity index (χ0n) is 10.6. The number of methoxy groups -OCH3 is 1. The number of amides is 1. The number of unbranched alkanes of at least 4 members (excludes halogenated alkanes) is 1. The van der Waals surface area contributed by atoms with Crippen molar-refractivity contribution in [2.24, 2.45) is 11.5 Å². The van der Waals surface area contributed by atoms with Crippen LogP contribution in [-0.4, -0.2) is 52.0 Å². The number of carbonyl (C=O) groups excluding carboxylic acids is 1. The fourth-order valence-corrected chi connectivity index (χ4v) is 1.26. The Bertz CT molecular complexity index is 191. The quantitative estimate of drug-likeness (QED) is 0.416. The zero-order chi connectivity index (χ0) is 12.9. The Labute approximate surface area is 103 Å². The van der Waals surface area contributed by atoms with E-state index in [4.69, 9.17) is 20.9 Å². The average Bonchev–Trinajstić information content (AvgIpc) is 2.33. The van der Waals surface area contributed by atoms with E-state index in [1.165, 1.54) is 0 Å². The van der Waals surface area contributed by atoms with Crippen LogP contribution in [0.3, 0.4) is 0 Å². The second kappa shape index (κ2) is 11.8. The van der Waals surface area contributed by atoms with E-state index in [0.717, 1.165) is 12.8 Å². The largest absolute Gasteiger partial charge is 0.382 e. The summed E-state index contributed by atoms with van der Waals surface area (Å²) in [5.41, 5.74) is 11.1. The normalized spacial score (nSPS) is 12.4. The van der Waals surface area contributed by atoms with Crippen LogP contribution in [0.25, 0.3) is 0 Å². The maximum absolute atomic E-state index is 11.5. The number of nitrogens with one attached hydrogen (secondary N) is 1. The van der Waals surface area contributed by atoms with Crippen LogP contribution in [0.5, 0.6) is 0 Å². The Kier molecular flexibility index (Phi) is 11.3. The van der Waals surface area contributed by atoms with E-state index >= 15 is 0 Å². The maximum atomic E-state index is 11.5. The highest BCUT2D eigenvalue weighted by atomic mass is 16.5. The van der Waals surface area contributed by atoms with Crippen molar-refractivity contribution in [2.75, 3.05) is 40.0 Å². The lowest BCUT2D eigenvalue weighted by molar-refractivity contribution is -0.122. The van der Waals surface area contributed by atoms with Gasteiger partial charge in [-0.1, -0.05) is 6.42 Å². The minimum Gasteiger partial charge on any atom is -0.382 e. The topological polar surface area (TPSA) is 99.6 Å². The van der Waals surface area contributed by atoms with Crippen LogP contribution in [0, 0.1) is 0 Å². The molecule has 5 N–H and O–H groups in total. The van der Waals surface area contributed by atoms with E-state index in [1.54, 1.807) is 7.11 Å². The van der Waals surface area contributed by atoms with Gasteiger partial charge in [0, 0.05) is 13.7 Å². The van der Waals surface area contributed by atoms with Gasteiger partial charge in [0.2, 0.25) is 5.91 Å². The van der Waals surface area contributed by atoms with Gasteiger partial charge in [0.25, 0.3) is 0 Å². The van der Waals surface area contributed by atoms with Crippen molar-refractivity contribution in [2.45, 2.75) is 25.3 Å². The number of nitrogens with two attached hydrogens (primary N) is 2. The van der Waals surface area contributed by atoms with E-state index in [-0.39, 0.29) is 5.91 Å². The molecule has 0 saturated heterocycles. The molecule has 0 heterocycles. The van der Waals surface area contributed by atoms with Crippen molar-refractivity contribution >= 4 is 5.91 Å². The van der Waals surface area contributed by atoms with Gasteiger partial charge in [-0.2, -0.15) is 0 Å². The molecule has 0 fully saturated rings. The van der Waals surface area contributed by atoms with Gasteiger partial charge in [-0.15, -0.1) is 0 Å². The predicted octanol–water partition coefficient (Wildman–Crippen LogP) is -0.778. The maximum Gasteiger partial charge on any atom is 0.236 e. The number of hydrogen-bond donors (Lipinski definition) is 3. The molecule has 0 bridgehead atoms. The van der Waals surface area contributed by atoms with Crippen LogP contribution in [-0.2, 0) is 14.3 Å². The molecule has 0 rings (SSSR count). The minimum atomic E-state index is -0.444. The van der Waals surface area contributed by atoms with Crippen molar-refractivity contribution in [3.8, 4) is 0 Å². The number of rotatable bonds is 11. The Morgan fingerprint density at radius 3 is 2.71 bits per heavy atom. The third-order valence-corrected chi connectivity index (χ3v) is 2.28. The Hall–Kier alpha value is -0.690. The molecule has 1 unspecified atom stereocenters.